The summed E-state index contributed by atoms with van der Waals surface area (Å²) < 4.78 is 0. The zero-order valence-electron chi connectivity index (χ0n) is 11.8. The number of nitrogens with one attached hydrogen (secondary N) is 1. The van der Waals surface area contributed by atoms with Crippen molar-refractivity contribution in [3.05, 3.63) is 33.8 Å². The third-order valence-corrected chi connectivity index (χ3v) is 4.51. The number of rotatable bonds is 4. The molecule has 1 amide bonds. The molecule has 0 aliphatic heterocycles. The van der Waals surface area contributed by atoms with E-state index in [-0.39, 0.29) is 11.8 Å². The van der Waals surface area contributed by atoms with Gasteiger partial charge in [0, 0.05) is 21.5 Å². The average molecular weight is 330 g/mol. The van der Waals surface area contributed by atoms with Gasteiger partial charge in [0.1, 0.15) is 0 Å². The minimum Gasteiger partial charge on any atom is -0.481 e. The predicted molar refractivity (Wildman–Crippen MR) is 81.5 cm³/mol. The Balaban J connectivity index is 2.08. The number of carbonyl (C=O) groups excluding carboxylic acids is 1. The van der Waals surface area contributed by atoms with Gasteiger partial charge in [-0.05, 0) is 38.8 Å². The number of carboxylic acids is 1. The Morgan fingerprint density at radius 1 is 1.19 bits per heavy atom. The van der Waals surface area contributed by atoms with Crippen molar-refractivity contribution in [3.8, 4) is 0 Å². The lowest BCUT2D eigenvalue weighted by atomic mass is 9.74. The molecule has 0 unspecified atom stereocenters. The number of hydrogen-bond donors (Lipinski definition) is 2. The average Bonchev–Trinajstić information content (AvgIpc) is 2.24. The van der Waals surface area contributed by atoms with Crippen LogP contribution < -0.4 is 5.32 Å². The summed E-state index contributed by atoms with van der Waals surface area (Å²) in [6.07, 6.45) is 0.765. The standard InChI is InChI=1S/C15H17Cl2NO3/c1-15(2,12-10(16)4-3-5-11(12)17)18-13(19)8-6-9(7-8)14(20)21/h3-5,8-9H,6-7H2,1-2H3,(H,18,19)(H,20,21). The van der Waals surface area contributed by atoms with Crippen LogP contribution in [0.15, 0.2) is 18.2 Å². The molecule has 0 radical (unpaired) electrons. The van der Waals surface area contributed by atoms with E-state index in [1.54, 1.807) is 18.2 Å². The zero-order valence-corrected chi connectivity index (χ0v) is 13.3. The summed E-state index contributed by atoms with van der Waals surface area (Å²) in [6.45, 7) is 3.65. The maximum absolute atomic E-state index is 12.2. The lowest BCUT2D eigenvalue weighted by Gasteiger charge is -2.35. The molecule has 0 atom stereocenters. The summed E-state index contributed by atoms with van der Waals surface area (Å²) in [6, 6.07) is 5.19. The minimum absolute atomic E-state index is 0.159. The van der Waals surface area contributed by atoms with Crippen LogP contribution >= 0.6 is 23.2 Å². The first-order chi connectivity index (χ1) is 9.72. The molecule has 0 heterocycles. The van der Waals surface area contributed by atoms with Crippen molar-refractivity contribution >= 4 is 35.1 Å². The molecule has 1 saturated carbocycles. The highest BCUT2D eigenvalue weighted by molar-refractivity contribution is 6.36. The molecule has 1 fully saturated rings. The first-order valence-electron chi connectivity index (χ1n) is 6.71. The summed E-state index contributed by atoms with van der Waals surface area (Å²) >= 11 is 12.4. The maximum Gasteiger partial charge on any atom is 0.306 e. The van der Waals surface area contributed by atoms with Gasteiger partial charge in [-0.3, -0.25) is 9.59 Å². The zero-order chi connectivity index (χ0) is 15.8. The van der Waals surface area contributed by atoms with E-state index in [1.165, 1.54) is 0 Å². The number of carbonyl (C=O) groups is 2. The quantitative estimate of drug-likeness (QED) is 0.888. The van der Waals surface area contributed by atoms with Crippen LogP contribution in [0.2, 0.25) is 10.0 Å². The lowest BCUT2D eigenvalue weighted by Crippen LogP contribution is -2.48. The van der Waals surface area contributed by atoms with Gasteiger partial charge in [-0.1, -0.05) is 29.3 Å². The van der Waals surface area contributed by atoms with Gasteiger partial charge in [-0.15, -0.1) is 0 Å². The monoisotopic (exact) mass is 329 g/mol. The number of aliphatic carboxylic acids is 1. The molecule has 2 rings (SSSR count). The van der Waals surface area contributed by atoms with Crippen LogP contribution in [0.5, 0.6) is 0 Å². The molecular formula is C15H17Cl2NO3. The van der Waals surface area contributed by atoms with Crippen LogP contribution in [-0.4, -0.2) is 17.0 Å². The molecule has 1 aliphatic carbocycles. The summed E-state index contributed by atoms with van der Waals surface area (Å²) in [4.78, 5) is 23.0. The number of hydrogen-bond acceptors (Lipinski definition) is 2. The van der Waals surface area contributed by atoms with E-state index in [0.29, 0.717) is 28.5 Å². The summed E-state index contributed by atoms with van der Waals surface area (Å²) in [5, 5.41) is 12.7. The minimum atomic E-state index is -0.840. The summed E-state index contributed by atoms with van der Waals surface area (Å²) in [5.41, 5.74) is -0.0586. The highest BCUT2D eigenvalue weighted by atomic mass is 35.5. The van der Waals surface area contributed by atoms with Crippen molar-refractivity contribution in [2.45, 2.75) is 32.2 Å². The number of carboxylic acid groups (broad SMARTS) is 1. The molecule has 21 heavy (non-hydrogen) atoms. The van der Waals surface area contributed by atoms with Gasteiger partial charge in [-0.2, -0.15) is 0 Å². The molecule has 0 bridgehead atoms. The normalized spacial score (nSPS) is 21.5. The van der Waals surface area contributed by atoms with Crippen LogP contribution in [0, 0.1) is 11.8 Å². The van der Waals surface area contributed by atoms with E-state index < -0.39 is 17.4 Å². The molecule has 0 aromatic heterocycles. The Kier molecular flexibility index (Phi) is 4.49. The van der Waals surface area contributed by atoms with Crippen molar-refractivity contribution in [3.63, 3.8) is 0 Å². The summed E-state index contributed by atoms with van der Waals surface area (Å²) in [5.74, 6) is -1.67. The van der Waals surface area contributed by atoms with Crippen molar-refractivity contribution in [1.29, 1.82) is 0 Å². The van der Waals surface area contributed by atoms with Gasteiger partial charge in [0.15, 0.2) is 0 Å². The Hall–Kier alpha value is -1.26. The molecule has 6 heteroatoms. The van der Waals surface area contributed by atoms with Crippen molar-refractivity contribution < 1.29 is 14.7 Å². The van der Waals surface area contributed by atoms with Gasteiger partial charge in [-0.25, -0.2) is 0 Å². The van der Waals surface area contributed by atoms with Crippen LogP contribution in [0.3, 0.4) is 0 Å². The Bertz CT molecular complexity index is 560. The molecule has 1 aliphatic rings. The molecule has 4 nitrogen and oxygen atoms in total. The Labute approximate surface area is 133 Å². The smallest absolute Gasteiger partial charge is 0.306 e. The Morgan fingerprint density at radius 2 is 1.71 bits per heavy atom. The maximum atomic E-state index is 12.2. The van der Waals surface area contributed by atoms with E-state index in [1.807, 2.05) is 13.8 Å². The van der Waals surface area contributed by atoms with E-state index in [0.717, 1.165) is 0 Å². The van der Waals surface area contributed by atoms with Gasteiger partial charge in [0.25, 0.3) is 0 Å². The molecule has 114 valence electrons. The molecular weight excluding hydrogens is 313 g/mol. The topological polar surface area (TPSA) is 66.4 Å². The molecule has 0 saturated heterocycles. The van der Waals surface area contributed by atoms with Gasteiger partial charge in [0.2, 0.25) is 5.91 Å². The highest BCUT2D eigenvalue weighted by Crippen LogP contribution is 2.37. The fourth-order valence-electron chi connectivity index (χ4n) is 2.60. The fraction of sp³-hybridized carbons (Fsp3) is 0.467. The first-order valence-corrected chi connectivity index (χ1v) is 7.47. The van der Waals surface area contributed by atoms with Gasteiger partial charge < -0.3 is 10.4 Å². The molecule has 0 spiro atoms. The van der Waals surface area contributed by atoms with Crippen molar-refractivity contribution in [2.75, 3.05) is 0 Å². The second-order valence-corrected chi connectivity index (χ2v) is 6.73. The summed E-state index contributed by atoms with van der Waals surface area (Å²) in [7, 11) is 0. The van der Waals surface area contributed by atoms with Crippen molar-refractivity contribution in [2.24, 2.45) is 11.8 Å². The van der Waals surface area contributed by atoms with Crippen LogP contribution in [-0.2, 0) is 15.1 Å². The third kappa shape index (κ3) is 3.33. The third-order valence-electron chi connectivity index (χ3n) is 3.88. The number of amides is 1. The lowest BCUT2D eigenvalue weighted by molar-refractivity contribution is -0.148. The van der Waals surface area contributed by atoms with Crippen LogP contribution in [0.4, 0.5) is 0 Å². The SMILES string of the molecule is CC(C)(NC(=O)C1CC(C(=O)O)C1)c1c(Cl)cccc1Cl. The van der Waals surface area contributed by atoms with Crippen molar-refractivity contribution in [1.82, 2.24) is 5.32 Å². The largest absolute Gasteiger partial charge is 0.481 e. The Morgan fingerprint density at radius 3 is 2.19 bits per heavy atom. The number of benzene rings is 1. The van der Waals surface area contributed by atoms with Gasteiger partial charge >= 0.3 is 5.97 Å². The van der Waals surface area contributed by atoms with Crippen LogP contribution in [0.25, 0.3) is 0 Å². The fourth-order valence-corrected chi connectivity index (χ4v) is 3.47. The highest BCUT2D eigenvalue weighted by Gasteiger charge is 2.40. The second kappa shape index (κ2) is 5.85. The van der Waals surface area contributed by atoms with E-state index >= 15 is 0 Å². The second-order valence-electron chi connectivity index (χ2n) is 5.91. The van der Waals surface area contributed by atoms with E-state index in [9.17, 15) is 9.59 Å². The molecule has 1 aromatic rings. The molecule has 2 N–H and O–H groups in total. The van der Waals surface area contributed by atoms with Gasteiger partial charge in [0.05, 0.1) is 11.5 Å². The number of halogens is 2. The molecule has 1 aromatic carbocycles. The van der Waals surface area contributed by atoms with Crippen LogP contribution in [0.1, 0.15) is 32.3 Å². The van der Waals surface area contributed by atoms with E-state index in [4.69, 9.17) is 28.3 Å². The van der Waals surface area contributed by atoms with E-state index in [2.05, 4.69) is 5.32 Å². The predicted octanol–water partition coefficient (Wildman–Crippen LogP) is 3.46. The first kappa shape index (κ1) is 16.1.